The quantitative estimate of drug-likeness (QED) is 0.750. The van der Waals surface area contributed by atoms with Crippen molar-refractivity contribution in [1.82, 2.24) is 20.4 Å². The summed E-state index contributed by atoms with van der Waals surface area (Å²) < 4.78 is 2.01. The first kappa shape index (κ1) is 16.7. The Morgan fingerprint density at radius 3 is 2.60 bits per heavy atom. The molecule has 0 atom stereocenters. The lowest BCUT2D eigenvalue weighted by Gasteiger charge is -2.20. The van der Waals surface area contributed by atoms with E-state index in [-0.39, 0.29) is 11.4 Å². The van der Waals surface area contributed by atoms with Crippen molar-refractivity contribution in [3.05, 3.63) is 17.5 Å². The van der Waals surface area contributed by atoms with Crippen molar-refractivity contribution in [2.45, 2.75) is 66.1 Å². The smallest absolute Gasteiger partial charge is 0.221 e. The third-order valence-electron chi connectivity index (χ3n) is 2.93. The Hall–Kier alpha value is -1.36. The van der Waals surface area contributed by atoms with E-state index in [2.05, 4.69) is 35.6 Å². The molecular formula is C15H28N4O. The molecule has 0 radical (unpaired) electrons. The average molecular weight is 280 g/mol. The van der Waals surface area contributed by atoms with Crippen LogP contribution in [0.1, 0.15) is 52.4 Å². The Morgan fingerprint density at radius 2 is 2.05 bits per heavy atom. The number of carbonyl (C=O) groups excluding carboxylic acids is 1. The van der Waals surface area contributed by atoms with E-state index in [1.165, 1.54) is 5.69 Å². The molecule has 114 valence electrons. The molecule has 0 unspecified atom stereocenters. The number of nitrogens with one attached hydrogen (secondary N) is 2. The van der Waals surface area contributed by atoms with Crippen LogP contribution in [0.25, 0.3) is 0 Å². The number of hydrogen-bond acceptors (Lipinski definition) is 3. The lowest BCUT2D eigenvalue weighted by atomic mass is 10.1. The largest absolute Gasteiger partial charge is 0.351 e. The van der Waals surface area contributed by atoms with Crippen molar-refractivity contribution < 1.29 is 4.79 Å². The Balaban J connectivity index is 2.34. The molecule has 0 aliphatic rings. The van der Waals surface area contributed by atoms with Gasteiger partial charge in [-0.15, -0.1) is 0 Å². The highest BCUT2D eigenvalue weighted by Gasteiger charge is 2.13. The third-order valence-corrected chi connectivity index (χ3v) is 2.93. The van der Waals surface area contributed by atoms with Crippen molar-refractivity contribution in [2.24, 2.45) is 0 Å². The molecule has 0 saturated carbocycles. The predicted molar refractivity (Wildman–Crippen MR) is 81.5 cm³/mol. The van der Waals surface area contributed by atoms with Crippen LogP contribution in [0.15, 0.2) is 6.07 Å². The van der Waals surface area contributed by atoms with Gasteiger partial charge in [0, 0.05) is 31.6 Å². The Kier molecular flexibility index (Phi) is 6.20. The summed E-state index contributed by atoms with van der Waals surface area (Å²) in [7, 11) is 0. The number of amides is 1. The summed E-state index contributed by atoms with van der Waals surface area (Å²) in [5.74, 6) is 0.0863. The summed E-state index contributed by atoms with van der Waals surface area (Å²) in [4.78, 5) is 11.7. The molecule has 2 N–H and O–H groups in total. The van der Waals surface area contributed by atoms with Crippen LogP contribution in [0, 0.1) is 0 Å². The van der Waals surface area contributed by atoms with Crippen LogP contribution in [-0.2, 0) is 24.3 Å². The standard InChI is InChI=1S/C15H28N4O/c1-6-12-10-13(19(7-2)18-12)11-16-9-8-14(20)17-15(3,4)5/h10,16H,6-9,11H2,1-5H3,(H,17,20). The zero-order chi connectivity index (χ0) is 15.2. The summed E-state index contributed by atoms with van der Waals surface area (Å²) in [6, 6.07) is 2.13. The lowest BCUT2D eigenvalue weighted by Crippen LogP contribution is -2.41. The monoisotopic (exact) mass is 280 g/mol. The van der Waals surface area contributed by atoms with E-state index in [1.807, 2.05) is 25.5 Å². The zero-order valence-electron chi connectivity index (χ0n) is 13.4. The van der Waals surface area contributed by atoms with Crippen LogP contribution in [0.3, 0.4) is 0 Å². The van der Waals surface area contributed by atoms with Crippen molar-refractivity contribution in [1.29, 1.82) is 0 Å². The summed E-state index contributed by atoms with van der Waals surface area (Å²) >= 11 is 0. The van der Waals surface area contributed by atoms with Gasteiger partial charge in [0.25, 0.3) is 0 Å². The fourth-order valence-corrected chi connectivity index (χ4v) is 2.00. The Labute approximate surface area is 122 Å². The SMILES string of the molecule is CCc1cc(CNCCC(=O)NC(C)(C)C)n(CC)n1. The number of aromatic nitrogens is 2. The van der Waals surface area contributed by atoms with E-state index in [4.69, 9.17) is 0 Å². The van der Waals surface area contributed by atoms with Gasteiger partial charge in [-0.25, -0.2) is 0 Å². The molecule has 1 aromatic heterocycles. The first-order chi connectivity index (χ1) is 9.35. The minimum Gasteiger partial charge on any atom is -0.351 e. The van der Waals surface area contributed by atoms with E-state index < -0.39 is 0 Å². The highest BCUT2D eigenvalue weighted by molar-refractivity contribution is 5.76. The second-order valence-electron chi connectivity index (χ2n) is 6.02. The fraction of sp³-hybridized carbons (Fsp3) is 0.733. The van der Waals surface area contributed by atoms with Crippen LogP contribution >= 0.6 is 0 Å². The van der Waals surface area contributed by atoms with E-state index in [0.717, 1.165) is 25.2 Å². The second-order valence-corrected chi connectivity index (χ2v) is 6.02. The highest BCUT2D eigenvalue weighted by atomic mass is 16.1. The number of hydrogen-bond donors (Lipinski definition) is 2. The molecule has 5 nitrogen and oxygen atoms in total. The molecule has 5 heteroatoms. The van der Waals surface area contributed by atoms with Gasteiger partial charge in [0.1, 0.15) is 0 Å². The summed E-state index contributed by atoms with van der Waals surface area (Å²) in [6.45, 7) is 12.5. The molecule has 1 amide bonds. The van der Waals surface area contributed by atoms with Gasteiger partial charge < -0.3 is 10.6 Å². The van der Waals surface area contributed by atoms with Gasteiger partial charge in [0.15, 0.2) is 0 Å². The number of rotatable bonds is 7. The normalized spacial score (nSPS) is 11.7. The van der Waals surface area contributed by atoms with E-state index >= 15 is 0 Å². The van der Waals surface area contributed by atoms with Crippen molar-refractivity contribution >= 4 is 5.91 Å². The summed E-state index contributed by atoms with van der Waals surface area (Å²) in [6.07, 6.45) is 1.45. The Morgan fingerprint density at radius 1 is 1.35 bits per heavy atom. The van der Waals surface area contributed by atoms with E-state index in [0.29, 0.717) is 13.0 Å². The molecule has 0 aromatic carbocycles. The topological polar surface area (TPSA) is 59.0 Å². The number of aryl methyl sites for hydroxylation is 2. The summed E-state index contributed by atoms with van der Waals surface area (Å²) in [5, 5.41) is 10.8. The first-order valence-corrected chi connectivity index (χ1v) is 7.43. The first-order valence-electron chi connectivity index (χ1n) is 7.43. The molecule has 0 fully saturated rings. The maximum atomic E-state index is 11.7. The second kappa shape index (κ2) is 7.43. The van der Waals surface area contributed by atoms with Crippen LogP contribution in [0.4, 0.5) is 0 Å². The van der Waals surface area contributed by atoms with Crippen molar-refractivity contribution in [2.75, 3.05) is 6.54 Å². The molecule has 20 heavy (non-hydrogen) atoms. The minimum atomic E-state index is -0.159. The number of carbonyl (C=O) groups is 1. The molecule has 1 aromatic rings. The fourth-order valence-electron chi connectivity index (χ4n) is 2.00. The molecule has 0 bridgehead atoms. The van der Waals surface area contributed by atoms with Gasteiger partial charge in [0.05, 0.1) is 11.4 Å². The predicted octanol–water partition coefficient (Wildman–Crippen LogP) is 1.86. The van der Waals surface area contributed by atoms with E-state index in [9.17, 15) is 4.79 Å². The van der Waals surface area contributed by atoms with Crippen LogP contribution in [-0.4, -0.2) is 27.8 Å². The minimum absolute atomic E-state index is 0.0863. The molecule has 0 aliphatic carbocycles. The molecular weight excluding hydrogens is 252 g/mol. The van der Waals surface area contributed by atoms with Crippen molar-refractivity contribution in [3.63, 3.8) is 0 Å². The molecule has 0 saturated heterocycles. The Bertz CT molecular complexity index is 432. The van der Waals surface area contributed by atoms with E-state index in [1.54, 1.807) is 0 Å². The van der Waals surface area contributed by atoms with Gasteiger partial charge in [-0.05, 0) is 40.2 Å². The van der Waals surface area contributed by atoms with Gasteiger partial charge >= 0.3 is 0 Å². The highest BCUT2D eigenvalue weighted by Crippen LogP contribution is 2.05. The van der Waals surface area contributed by atoms with Crippen LogP contribution in [0.2, 0.25) is 0 Å². The van der Waals surface area contributed by atoms with Crippen LogP contribution in [0.5, 0.6) is 0 Å². The molecule has 0 spiro atoms. The van der Waals surface area contributed by atoms with Gasteiger partial charge in [0.2, 0.25) is 5.91 Å². The zero-order valence-corrected chi connectivity index (χ0v) is 13.4. The third kappa shape index (κ3) is 5.74. The maximum absolute atomic E-state index is 11.7. The maximum Gasteiger partial charge on any atom is 0.221 e. The van der Waals surface area contributed by atoms with Gasteiger partial charge in [-0.1, -0.05) is 6.92 Å². The van der Waals surface area contributed by atoms with Crippen molar-refractivity contribution in [3.8, 4) is 0 Å². The van der Waals surface area contributed by atoms with Crippen LogP contribution < -0.4 is 10.6 Å². The number of nitrogens with zero attached hydrogens (tertiary/aromatic N) is 2. The van der Waals surface area contributed by atoms with Gasteiger partial charge in [-0.3, -0.25) is 9.48 Å². The average Bonchev–Trinajstić information content (AvgIpc) is 2.75. The molecule has 1 rings (SSSR count). The molecule has 1 heterocycles. The summed E-state index contributed by atoms with van der Waals surface area (Å²) in [5.41, 5.74) is 2.14. The van der Waals surface area contributed by atoms with Gasteiger partial charge in [-0.2, -0.15) is 5.10 Å². The lowest BCUT2D eigenvalue weighted by molar-refractivity contribution is -0.122. The molecule has 0 aliphatic heterocycles.